The van der Waals surface area contributed by atoms with Crippen molar-refractivity contribution >= 4 is 34.2 Å². The Balaban J connectivity index is 2.13. The molecular weight excluding hydrogens is 380 g/mol. The lowest BCUT2D eigenvalue weighted by Gasteiger charge is -2.35. The highest BCUT2D eigenvalue weighted by molar-refractivity contribution is 6.09. The molecule has 7 heteroatoms. The van der Waals surface area contributed by atoms with Crippen LogP contribution < -0.4 is 16.4 Å². The molecule has 0 radical (unpaired) electrons. The van der Waals surface area contributed by atoms with Gasteiger partial charge >= 0.3 is 0 Å². The molecule has 0 aliphatic carbocycles. The molecular formula is C23H30N4O3. The number of anilines is 1. The van der Waals surface area contributed by atoms with Gasteiger partial charge in [0.05, 0.1) is 12.2 Å². The lowest BCUT2D eigenvalue weighted by Crippen LogP contribution is -2.56. The van der Waals surface area contributed by atoms with Crippen LogP contribution in [0.15, 0.2) is 42.5 Å². The Hall–Kier alpha value is -2.93. The molecule has 4 N–H and O–H groups in total. The van der Waals surface area contributed by atoms with Gasteiger partial charge in [-0.2, -0.15) is 0 Å². The van der Waals surface area contributed by atoms with Crippen LogP contribution in [0.25, 0.3) is 10.8 Å². The molecule has 3 amide bonds. The summed E-state index contributed by atoms with van der Waals surface area (Å²) in [6, 6.07) is 11.9. The zero-order valence-corrected chi connectivity index (χ0v) is 17.6. The number of benzene rings is 2. The predicted octanol–water partition coefficient (Wildman–Crippen LogP) is 2.02. The molecule has 0 bridgehead atoms. The molecule has 2 aromatic carbocycles. The van der Waals surface area contributed by atoms with Crippen molar-refractivity contribution in [1.82, 2.24) is 4.90 Å². The molecule has 30 heavy (non-hydrogen) atoms. The maximum atomic E-state index is 13.8. The topological polar surface area (TPSA) is 110 Å². The lowest BCUT2D eigenvalue weighted by molar-refractivity contribution is -0.136. The first kappa shape index (κ1) is 21.8. The summed E-state index contributed by atoms with van der Waals surface area (Å²) in [5.74, 6) is -0.948. The molecule has 0 unspecified atom stereocenters. The Labute approximate surface area is 177 Å². The number of rotatable bonds is 7. The number of likely N-dealkylation sites (tertiary alicyclic amines) is 1. The molecule has 7 nitrogen and oxygen atoms in total. The summed E-state index contributed by atoms with van der Waals surface area (Å²) in [6.45, 7) is 4.31. The summed E-state index contributed by atoms with van der Waals surface area (Å²) in [5.41, 5.74) is 12.0. The lowest BCUT2D eigenvalue weighted by atomic mass is 9.98. The molecule has 160 valence electrons. The number of hydrogen-bond acceptors (Lipinski definition) is 4. The molecule has 1 saturated heterocycles. The summed E-state index contributed by atoms with van der Waals surface area (Å²) in [4.78, 5) is 41.7. The number of primary amides is 1. The first-order chi connectivity index (χ1) is 14.3. The molecule has 2 atom stereocenters. The first-order valence-corrected chi connectivity index (χ1v) is 10.4. The van der Waals surface area contributed by atoms with E-state index in [0.29, 0.717) is 25.1 Å². The van der Waals surface area contributed by atoms with Gasteiger partial charge in [-0.15, -0.1) is 0 Å². The van der Waals surface area contributed by atoms with Crippen LogP contribution in [0, 0.1) is 5.92 Å². The van der Waals surface area contributed by atoms with Crippen LogP contribution in [-0.4, -0.2) is 47.8 Å². The van der Waals surface area contributed by atoms with Crippen molar-refractivity contribution in [2.24, 2.45) is 17.4 Å². The maximum absolute atomic E-state index is 13.8. The van der Waals surface area contributed by atoms with Crippen molar-refractivity contribution in [3.63, 3.8) is 0 Å². The summed E-state index contributed by atoms with van der Waals surface area (Å²) < 4.78 is 0. The Morgan fingerprint density at radius 1 is 1.13 bits per heavy atom. The van der Waals surface area contributed by atoms with Gasteiger partial charge in [0.2, 0.25) is 11.8 Å². The van der Waals surface area contributed by atoms with Crippen LogP contribution in [0.4, 0.5) is 5.69 Å². The van der Waals surface area contributed by atoms with E-state index in [1.807, 2.05) is 56.3 Å². The van der Waals surface area contributed by atoms with Gasteiger partial charge in [0, 0.05) is 11.9 Å². The van der Waals surface area contributed by atoms with E-state index in [2.05, 4.69) is 0 Å². The van der Waals surface area contributed by atoms with Crippen LogP contribution in [0.5, 0.6) is 0 Å². The summed E-state index contributed by atoms with van der Waals surface area (Å²) >= 11 is 0. The van der Waals surface area contributed by atoms with Gasteiger partial charge in [-0.1, -0.05) is 50.2 Å². The zero-order valence-electron chi connectivity index (χ0n) is 17.6. The third-order valence-electron chi connectivity index (χ3n) is 5.63. The normalized spacial score (nSPS) is 17.3. The number of nitrogens with zero attached hydrogens (tertiary/aromatic N) is 2. The van der Waals surface area contributed by atoms with E-state index in [9.17, 15) is 14.4 Å². The van der Waals surface area contributed by atoms with Gasteiger partial charge in [-0.3, -0.25) is 19.3 Å². The number of hydrogen-bond donors (Lipinski definition) is 2. The molecule has 1 aliphatic heterocycles. The smallest absolute Gasteiger partial charge is 0.250 e. The molecule has 1 fully saturated rings. The van der Waals surface area contributed by atoms with E-state index >= 15 is 0 Å². The average molecular weight is 411 g/mol. The maximum Gasteiger partial charge on any atom is 0.250 e. The number of amides is 3. The fraction of sp³-hybridized carbons (Fsp3) is 0.435. The van der Waals surface area contributed by atoms with Gasteiger partial charge in [-0.05, 0) is 36.6 Å². The quantitative estimate of drug-likeness (QED) is 0.728. The minimum Gasteiger partial charge on any atom is -0.368 e. The van der Waals surface area contributed by atoms with E-state index in [-0.39, 0.29) is 24.3 Å². The second-order valence-electron chi connectivity index (χ2n) is 8.20. The molecule has 1 heterocycles. The molecule has 0 aromatic heterocycles. The van der Waals surface area contributed by atoms with Crippen LogP contribution in [-0.2, 0) is 14.4 Å². The van der Waals surface area contributed by atoms with Crippen molar-refractivity contribution in [3.05, 3.63) is 42.5 Å². The second kappa shape index (κ2) is 9.26. The number of nitrogens with two attached hydrogens (primary N) is 2. The number of carbonyl (C=O) groups is 3. The Kier molecular flexibility index (Phi) is 6.72. The number of carbonyl (C=O) groups excluding carboxylic acids is 3. The van der Waals surface area contributed by atoms with Crippen LogP contribution in [0.1, 0.15) is 33.1 Å². The van der Waals surface area contributed by atoms with Gasteiger partial charge in [0.25, 0.3) is 5.91 Å². The van der Waals surface area contributed by atoms with Crippen molar-refractivity contribution in [2.75, 3.05) is 18.0 Å². The molecule has 3 rings (SSSR count). The van der Waals surface area contributed by atoms with Crippen molar-refractivity contribution in [3.8, 4) is 0 Å². The van der Waals surface area contributed by atoms with Gasteiger partial charge in [0.15, 0.2) is 0 Å². The fourth-order valence-electron chi connectivity index (χ4n) is 4.25. The van der Waals surface area contributed by atoms with E-state index < -0.39 is 18.0 Å². The molecule has 2 aromatic rings. The van der Waals surface area contributed by atoms with Gasteiger partial charge in [0.1, 0.15) is 12.1 Å². The third kappa shape index (κ3) is 4.31. The summed E-state index contributed by atoms with van der Waals surface area (Å²) in [7, 11) is 0. The highest BCUT2D eigenvalue weighted by Gasteiger charge is 2.40. The summed E-state index contributed by atoms with van der Waals surface area (Å²) in [6.07, 6.45) is 1.69. The van der Waals surface area contributed by atoms with Crippen molar-refractivity contribution in [1.29, 1.82) is 0 Å². The molecule has 0 spiro atoms. The fourth-order valence-corrected chi connectivity index (χ4v) is 4.25. The Morgan fingerprint density at radius 2 is 1.83 bits per heavy atom. The molecule has 0 saturated carbocycles. The predicted molar refractivity (Wildman–Crippen MR) is 118 cm³/mol. The highest BCUT2D eigenvalue weighted by Crippen LogP contribution is 2.32. The summed E-state index contributed by atoms with van der Waals surface area (Å²) in [5, 5.41) is 1.82. The van der Waals surface area contributed by atoms with Crippen LogP contribution in [0.2, 0.25) is 0 Å². The van der Waals surface area contributed by atoms with Crippen molar-refractivity contribution in [2.45, 2.75) is 45.2 Å². The van der Waals surface area contributed by atoms with Gasteiger partial charge < -0.3 is 16.4 Å². The zero-order chi connectivity index (χ0) is 21.8. The highest BCUT2D eigenvalue weighted by atomic mass is 16.2. The Morgan fingerprint density at radius 3 is 2.50 bits per heavy atom. The monoisotopic (exact) mass is 410 g/mol. The average Bonchev–Trinajstić information content (AvgIpc) is 3.22. The number of fused-ring (bicyclic) bond motifs is 1. The van der Waals surface area contributed by atoms with E-state index in [1.165, 1.54) is 9.80 Å². The van der Waals surface area contributed by atoms with E-state index in [4.69, 9.17) is 11.5 Å². The van der Waals surface area contributed by atoms with Crippen LogP contribution >= 0.6 is 0 Å². The first-order valence-electron chi connectivity index (χ1n) is 10.4. The second-order valence-corrected chi connectivity index (χ2v) is 8.20. The van der Waals surface area contributed by atoms with Crippen molar-refractivity contribution < 1.29 is 14.4 Å². The SMILES string of the molecule is CC(C)C[C@@H](C(N)=O)N(C(=O)[C@@H]1CCCN1C(=O)CN)c1cccc2ccccc12. The standard InChI is InChI=1S/C23H30N4O3/c1-15(2)13-20(22(25)29)27(18-10-5-8-16-7-3-4-9-17(16)18)23(30)19-11-6-12-26(19)21(28)14-24/h3-5,7-10,15,19-20H,6,11-14,24H2,1-2H3,(H2,25,29)/t19-,20-/m0/s1. The van der Waals surface area contributed by atoms with Gasteiger partial charge in [-0.25, -0.2) is 0 Å². The third-order valence-corrected chi connectivity index (χ3v) is 5.63. The van der Waals surface area contributed by atoms with E-state index in [1.54, 1.807) is 0 Å². The Bertz CT molecular complexity index is 938. The minimum absolute atomic E-state index is 0.150. The largest absolute Gasteiger partial charge is 0.368 e. The minimum atomic E-state index is -0.807. The van der Waals surface area contributed by atoms with Crippen LogP contribution in [0.3, 0.4) is 0 Å². The van der Waals surface area contributed by atoms with E-state index in [0.717, 1.165) is 17.2 Å². The molecule has 1 aliphatic rings.